The van der Waals surface area contributed by atoms with E-state index in [0.29, 0.717) is 11.5 Å². The number of anilines is 1. The Bertz CT molecular complexity index is 792. The van der Waals surface area contributed by atoms with Crippen LogP contribution >= 0.6 is 11.6 Å². The van der Waals surface area contributed by atoms with E-state index in [1.807, 2.05) is 4.90 Å². The number of hydrogen-bond acceptors (Lipinski definition) is 5. The summed E-state index contributed by atoms with van der Waals surface area (Å²) in [5.74, 6) is -0.418. The third-order valence-corrected chi connectivity index (χ3v) is 4.67. The summed E-state index contributed by atoms with van der Waals surface area (Å²) in [4.78, 5) is 23.0. The molecule has 8 heteroatoms. The fraction of sp³-hybridized carbons (Fsp3) is 0.389. The smallest absolute Gasteiger partial charge is 0.271 e. The second-order valence-electron chi connectivity index (χ2n) is 6.52. The predicted molar refractivity (Wildman–Crippen MR) is 96.8 cm³/mol. The summed E-state index contributed by atoms with van der Waals surface area (Å²) in [7, 11) is 0. The molecule has 1 aromatic carbocycles. The fourth-order valence-corrected chi connectivity index (χ4v) is 3.01. The Morgan fingerprint density at radius 2 is 2.00 bits per heavy atom. The maximum Gasteiger partial charge on any atom is 0.271 e. The van der Waals surface area contributed by atoms with Crippen molar-refractivity contribution in [2.24, 2.45) is 0 Å². The highest BCUT2D eigenvalue weighted by Gasteiger charge is 2.26. The van der Waals surface area contributed by atoms with Crippen molar-refractivity contribution >= 4 is 23.5 Å². The van der Waals surface area contributed by atoms with Crippen molar-refractivity contribution in [3.63, 3.8) is 0 Å². The van der Waals surface area contributed by atoms with Crippen LogP contribution in [0.4, 0.5) is 10.3 Å². The largest absolute Gasteiger partial charge is 0.384 e. The van der Waals surface area contributed by atoms with Gasteiger partial charge in [-0.1, -0.05) is 23.7 Å². The maximum absolute atomic E-state index is 13.0. The first-order chi connectivity index (χ1) is 12.4. The topological polar surface area (TPSA) is 78.3 Å². The lowest BCUT2D eigenvalue weighted by molar-refractivity contribution is 0.0524. The summed E-state index contributed by atoms with van der Waals surface area (Å²) in [5, 5.41) is 13.3. The first kappa shape index (κ1) is 18.5. The monoisotopic (exact) mass is 378 g/mol. The number of aliphatic hydroxyl groups is 1. The standard InChI is InChI=1S/C18H20ClFN4O2/c1-18(26,12-4-6-13(20)7-5-12)11-22-16(25)15-14(19)10-21-17(23-15)24-8-2-3-9-24/h4-7,10,26H,2-3,8-9,11H2,1H3,(H,22,25). The molecule has 0 radical (unpaired) electrons. The molecular weight excluding hydrogens is 359 g/mol. The highest BCUT2D eigenvalue weighted by atomic mass is 35.5. The van der Waals surface area contributed by atoms with Gasteiger partial charge < -0.3 is 15.3 Å². The summed E-state index contributed by atoms with van der Waals surface area (Å²) in [6.07, 6.45) is 3.54. The number of halogens is 2. The SMILES string of the molecule is CC(O)(CNC(=O)c1nc(N2CCCC2)ncc1Cl)c1ccc(F)cc1. The van der Waals surface area contributed by atoms with E-state index in [1.54, 1.807) is 0 Å². The molecule has 6 nitrogen and oxygen atoms in total. The molecular formula is C18H20ClFN4O2. The maximum atomic E-state index is 13.0. The minimum absolute atomic E-state index is 0.0680. The molecule has 1 atom stereocenters. The fourth-order valence-electron chi connectivity index (χ4n) is 2.83. The van der Waals surface area contributed by atoms with Gasteiger partial charge in [0.05, 0.1) is 17.8 Å². The molecule has 2 N–H and O–H groups in total. The van der Waals surface area contributed by atoms with Crippen LogP contribution in [0.2, 0.25) is 5.02 Å². The van der Waals surface area contributed by atoms with Gasteiger partial charge in [-0.15, -0.1) is 0 Å². The Labute approximate surface area is 156 Å². The molecule has 26 heavy (non-hydrogen) atoms. The number of carbonyl (C=O) groups is 1. The van der Waals surface area contributed by atoms with E-state index in [1.165, 1.54) is 37.4 Å². The van der Waals surface area contributed by atoms with Crippen LogP contribution in [0, 0.1) is 5.82 Å². The molecule has 2 heterocycles. The van der Waals surface area contributed by atoms with Crippen LogP contribution in [0.1, 0.15) is 35.8 Å². The Kier molecular flexibility index (Phi) is 5.38. The molecule has 1 unspecified atom stereocenters. The summed E-state index contributed by atoms with van der Waals surface area (Å²) in [6, 6.07) is 5.47. The zero-order valence-electron chi connectivity index (χ0n) is 14.4. The Morgan fingerprint density at radius 1 is 1.35 bits per heavy atom. The van der Waals surface area contributed by atoms with Crippen LogP contribution in [-0.4, -0.2) is 40.6 Å². The van der Waals surface area contributed by atoms with Gasteiger partial charge >= 0.3 is 0 Å². The molecule has 0 spiro atoms. The van der Waals surface area contributed by atoms with Crippen molar-refractivity contribution in [2.45, 2.75) is 25.4 Å². The van der Waals surface area contributed by atoms with E-state index < -0.39 is 17.3 Å². The number of nitrogens with zero attached hydrogens (tertiary/aromatic N) is 3. The average Bonchev–Trinajstić information content (AvgIpc) is 3.15. The molecule has 0 aliphatic carbocycles. The quantitative estimate of drug-likeness (QED) is 0.835. The number of amides is 1. The minimum Gasteiger partial charge on any atom is -0.384 e. The Balaban J connectivity index is 1.71. The average molecular weight is 379 g/mol. The number of hydrogen-bond donors (Lipinski definition) is 2. The lowest BCUT2D eigenvalue weighted by Crippen LogP contribution is -2.39. The summed E-state index contributed by atoms with van der Waals surface area (Å²) in [6.45, 7) is 3.17. The van der Waals surface area contributed by atoms with E-state index in [4.69, 9.17) is 11.6 Å². The normalized spacial score (nSPS) is 16.4. The molecule has 1 fully saturated rings. The van der Waals surface area contributed by atoms with Gasteiger partial charge in [0, 0.05) is 13.1 Å². The van der Waals surface area contributed by atoms with E-state index >= 15 is 0 Å². The zero-order valence-corrected chi connectivity index (χ0v) is 15.1. The highest BCUT2D eigenvalue weighted by Crippen LogP contribution is 2.22. The summed E-state index contributed by atoms with van der Waals surface area (Å²) >= 11 is 6.07. The van der Waals surface area contributed by atoms with Gasteiger partial charge in [-0.05, 0) is 37.5 Å². The molecule has 0 saturated carbocycles. The first-order valence-electron chi connectivity index (χ1n) is 8.41. The third kappa shape index (κ3) is 4.11. The third-order valence-electron chi connectivity index (χ3n) is 4.39. The van der Waals surface area contributed by atoms with Gasteiger partial charge in [-0.25, -0.2) is 14.4 Å². The van der Waals surface area contributed by atoms with Crippen molar-refractivity contribution in [2.75, 3.05) is 24.5 Å². The molecule has 1 aliphatic heterocycles. The lowest BCUT2D eigenvalue weighted by atomic mass is 9.96. The van der Waals surface area contributed by atoms with Gasteiger partial charge in [-0.3, -0.25) is 4.79 Å². The van der Waals surface area contributed by atoms with Crippen molar-refractivity contribution < 1.29 is 14.3 Å². The number of aromatic nitrogens is 2. The second kappa shape index (κ2) is 7.55. The Hall–Kier alpha value is -2.25. The van der Waals surface area contributed by atoms with Crippen molar-refractivity contribution in [3.05, 3.63) is 52.6 Å². The van der Waals surface area contributed by atoms with Crippen LogP contribution in [-0.2, 0) is 5.60 Å². The van der Waals surface area contributed by atoms with Gasteiger partial charge in [0.25, 0.3) is 5.91 Å². The van der Waals surface area contributed by atoms with Crippen LogP contribution in [0.5, 0.6) is 0 Å². The number of nitrogens with one attached hydrogen (secondary N) is 1. The molecule has 1 aromatic heterocycles. The van der Waals surface area contributed by atoms with Crippen LogP contribution in [0.25, 0.3) is 0 Å². The van der Waals surface area contributed by atoms with Gasteiger partial charge in [-0.2, -0.15) is 0 Å². The van der Waals surface area contributed by atoms with Gasteiger partial charge in [0.1, 0.15) is 11.4 Å². The lowest BCUT2D eigenvalue weighted by Gasteiger charge is -2.24. The van der Waals surface area contributed by atoms with Gasteiger partial charge in [0.2, 0.25) is 5.95 Å². The van der Waals surface area contributed by atoms with Crippen molar-refractivity contribution in [3.8, 4) is 0 Å². The Morgan fingerprint density at radius 3 is 2.65 bits per heavy atom. The van der Waals surface area contributed by atoms with Crippen molar-refractivity contribution in [1.29, 1.82) is 0 Å². The molecule has 1 saturated heterocycles. The van der Waals surface area contributed by atoms with Gasteiger partial charge in [0.15, 0.2) is 5.69 Å². The minimum atomic E-state index is -1.36. The molecule has 1 amide bonds. The summed E-state index contributed by atoms with van der Waals surface area (Å²) in [5.41, 5.74) is -0.801. The first-order valence-corrected chi connectivity index (χ1v) is 8.79. The highest BCUT2D eigenvalue weighted by molar-refractivity contribution is 6.33. The van der Waals surface area contributed by atoms with Crippen molar-refractivity contribution in [1.82, 2.24) is 15.3 Å². The number of benzene rings is 1. The van der Waals surface area contributed by atoms with Crippen LogP contribution in [0.15, 0.2) is 30.5 Å². The molecule has 2 aromatic rings. The molecule has 138 valence electrons. The van der Waals surface area contributed by atoms with E-state index in [2.05, 4.69) is 15.3 Å². The van der Waals surface area contributed by atoms with E-state index in [0.717, 1.165) is 25.9 Å². The second-order valence-corrected chi connectivity index (χ2v) is 6.93. The van der Waals surface area contributed by atoms with Crippen LogP contribution < -0.4 is 10.2 Å². The number of rotatable bonds is 5. The van der Waals surface area contributed by atoms with Crippen LogP contribution in [0.3, 0.4) is 0 Å². The predicted octanol–water partition coefficient (Wildman–Crippen LogP) is 2.51. The van der Waals surface area contributed by atoms with E-state index in [-0.39, 0.29) is 17.3 Å². The van der Waals surface area contributed by atoms with E-state index in [9.17, 15) is 14.3 Å². The zero-order chi connectivity index (χ0) is 18.7. The molecule has 1 aliphatic rings. The summed E-state index contributed by atoms with van der Waals surface area (Å²) < 4.78 is 13.0. The molecule has 0 bridgehead atoms. The number of carbonyl (C=O) groups excluding carboxylic acids is 1. The molecule has 3 rings (SSSR count).